The minimum Gasteiger partial charge on any atom is -0.481 e. The van der Waals surface area contributed by atoms with E-state index in [1.165, 1.54) is 0 Å². The Hall–Kier alpha value is -1.56. The summed E-state index contributed by atoms with van der Waals surface area (Å²) in [5.41, 5.74) is 6.73. The first-order valence-corrected chi connectivity index (χ1v) is 6.85. The van der Waals surface area contributed by atoms with Crippen LogP contribution in [0.5, 0.6) is 0 Å². The van der Waals surface area contributed by atoms with Crippen LogP contribution in [0, 0.1) is 5.92 Å². The molecule has 2 rings (SSSR count). The van der Waals surface area contributed by atoms with Crippen LogP contribution in [-0.4, -0.2) is 35.0 Å². The van der Waals surface area contributed by atoms with Crippen LogP contribution in [0.2, 0.25) is 0 Å². The zero-order valence-electron chi connectivity index (χ0n) is 10.3. The van der Waals surface area contributed by atoms with Crippen molar-refractivity contribution in [1.29, 1.82) is 0 Å². The molecule has 3 N–H and O–H groups in total. The molecule has 1 fully saturated rings. The number of carbonyl (C=O) groups is 2. The highest BCUT2D eigenvalue weighted by atomic mass is 79.9. The van der Waals surface area contributed by atoms with Gasteiger partial charge in [0.05, 0.1) is 11.5 Å². The highest BCUT2D eigenvalue weighted by Crippen LogP contribution is 2.23. The molecular formula is C13H15BrN2O3. The Morgan fingerprint density at radius 3 is 2.47 bits per heavy atom. The molecule has 1 aliphatic rings. The Morgan fingerprint density at radius 2 is 1.95 bits per heavy atom. The summed E-state index contributed by atoms with van der Waals surface area (Å²) in [6.45, 7) is 0.927. The molecule has 0 spiro atoms. The minimum absolute atomic E-state index is 0.131. The van der Waals surface area contributed by atoms with E-state index in [2.05, 4.69) is 15.9 Å². The van der Waals surface area contributed by atoms with Crippen molar-refractivity contribution in [2.24, 2.45) is 5.92 Å². The molecule has 0 radical (unpaired) electrons. The number of aliphatic carboxylic acids is 1. The zero-order valence-corrected chi connectivity index (χ0v) is 11.9. The first-order chi connectivity index (χ1) is 8.99. The molecule has 1 amide bonds. The van der Waals surface area contributed by atoms with Gasteiger partial charge in [0.1, 0.15) is 0 Å². The van der Waals surface area contributed by atoms with Crippen LogP contribution in [0.1, 0.15) is 23.2 Å². The maximum absolute atomic E-state index is 12.3. The van der Waals surface area contributed by atoms with Gasteiger partial charge in [0, 0.05) is 23.2 Å². The second kappa shape index (κ2) is 5.61. The van der Waals surface area contributed by atoms with Crippen molar-refractivity contribution in [3.63, 3.8) is 0 Å². The lowest BCUT2D eigenvalue weighted by atomic mass is 9.96. The second-order valence-electron chi connectivity index (χ2n) is 4.64. The van der Waals surface area contributed by atoms with Crippen molar-refractivity contribution < 1.29 is 14.7 Å². The fourth-order valence-electron chi connectivity index (χ4n) is 2.23. The van der Waals surface area contributed by atoms with E-state index in [-0.39, 0.29) is 11.8 Å². The number of hydrogen-bond donors (Lipinski definition) is 2. The van der Waals surface area contributed by atoms with Crippen molar-refractivity contribution in [3.05, 3.63) is 28.2 Å². The Balaban J connectivity index is 2.07. The number of hydrogen-bond acceptors (Lipinski definition) is 3. The molecule has 5 nitrogen and oxygen atoms in total. The topological polar surface area (TPSA) is 83.6 Å². The summed E-state index contributed by atoms with van der Waals surface area (Å²) in [7, 11) is 0. The van der Waals surface area contributed by atoms with Crippen LogP contribution < -0.4 is 5.73 Å². The summed E-state index contributed by atoms with van der Waals surface area (Å²) in [6, 6.07) is 5.15. The molecule has 1 saturated heterocycles. The number of likely N-dealkylation sites (tertiary alicyclic amines) is 1. The number of amides is 1. The number of benzene rings is 1. The maximum Gasteiger partial charge on any atom is 0.306 e. The number of nitrogens with zero attached hydrogens (tertiary/aromatic N) is 1. The molecule has 0 aromatic heterocycles. The summed E-state index contributed by atoms with van der Waals surface area (Å²) in [5, 5.41) is 8.93. The number of carbonyl (C=O) groups excluding carboxylic acids is 1. The number of nitrogens with two attached hydrogens (primary N) is 1. The van der Waals surface area contributed by atoms with Gasteiger partial charge in [-0.1, -0.05) is 15.9 Å². The predicted octanol–water partition coefficient (Wildman–Crippen LogP) is 1.97. The highest BCUT2D eigenvalue weighted by molar-refractivity contribution is 9.10. The lowest BCUT2D eigenvalue weighted by molar-refractivity contribution is -0.143. The number of carboxylic acid groups (broad SMARTS) is 1. The number of rotatable bonds is 2. The summed E-state index contributed by atoms with van der Waals surface area (Å²) in [6.07, 6.45) is 0.995. The maximum atomic E-state index is 12.3. The van der Waals surface area contributed by atoms with Gasteiger partial charge in [-0.3, -0.25) is 9.59 Å². The Labute approximate surface area is 119 Å². The van der Waals surface area contributed by atoms with E-state index in [9.17, 15) is 9.59 Å². The lowest BCUT2D eigenvalue weighted by Gasteiger charge is -2.30. The van der Waals surface area contributed by atoms with Crippen molar-refractivity contribution >= 4 is 33.5 Å². The molecule has 1 aromatic rings. The van der Waals surface area contributed by atoms with Crippen molar-refractivity contribution in [1.82, 2.24) is 4.90 Å². The van der Waals surface area contributed by atoms with E-state index in [1.807, 2.05) is 0 Å². The first kappa shape index (κ1) is 13.9. The molecular weight excluding hydrogens is 312 g/mol. The molecule has 0 unspecified atom stereocenters. The smallest absolute Gasteiger partial charge is 0.306 e. The first-order valence-electron chi connectivity index (χ1n) is 6.06. The normalized spacial score (nSPS) is 16.4. The second-order valence-corrected chi connectivity index (χ2v) is 5.55. The third-order valence-corrected chi connectivity index (χ3v) is 3.87. The molecule has 6 heteroatoms. The molecule has 0 bridgehead atoms. The number of nitrogen functional groups attached to an aromatic ring is 1. The predicted molar refractivity (Wildman–Crippen MR) is 74.8 cm³/mol. The van der Waals surface area contributed by atoms with Crippen LogP contribution in [0.25, 0.3) is 0 Å². The molecule has 1 heterocycles. The van der Waals surface area contributed by atoms with E-state index in [0.717, 1.165) is 4.47 Å². The van der Waals surface area contributed by atoms with Crippen LogP contribution in [-0.2, 0) is 4.79 Å². The van der Waals surface area contributed by atoms with Crippen LogP contribution in [0.15, 0.2) is 22.7 Å². The van der Waals surface area contributed by atoms with E-state index in [0.29, 0.717) is 37.2 Å². The standard InChI is InChI=1S/C13H15BrN2O3/c14-9-1-2-10(11(15)7-9)12(17)16-5-3-8(4-6-16)13(18)19/h1-2,7-8H,3-6,15H2,(H,18,19). The summed E-state index contributed by atoms with van der Waals surface area (Å²) < 4.78 is 0.825. The molecule has 0 aliphatic carbocycles. The van der Waals surface area contributed by atoms with Crippen molar-refractivity contribution in [3.8, 4) is 0 Å². The number of piperidine rings is 1. The highest BCUT2D eigenvalue weighted by Gasteiger charge is 2.28. The Morgan fingerprint density at radius 1 is 1.32 bits per heavy atom. The monoisotopic (exact) mass is 326 g/mol. The third-order valence-electron chi connectivity index (χ3n) is 3.38. The van der Waals surface area contributed by atoms with E-state index < -0.39 is 5.97 Å². The van der Waals surface area contributed by atoms with Gasteiger partial charge in [0.25, 0.3) is 5.91 Å². The van der Waals surface area contributed by atoms with Gasteiger partial charge >= 0.3 is 5.97 Å². The molecule has 1 aromatic carbocycles. The van der Waals surface area contributed by atoms with E-state index in [4.69, 9.17) is 10.8 Å². The Bertz CT molecular complexity index is 511. The van der Waals surface area contributed by atoms with Gasteiger partial charge in [-0.25, -0.2) is 0 Å². The van der Waals surface area contributed by atoms with Gasteiger partial charge in [0.15, 0.2) is 0 Å². The lowest BCUT2D eigenvalue weighted by Crippen LogP contribution is -2.40. The number of anilines is 1. The van der Waals surface area contributed by atoms with Gasteiger partial charge < -0.3 is 15.7 Å². The van der Waals surface area contributed by atoms with Gasteiger partial charge in [0.2, 0.25) is 0 Å². The van der Waals surface area contributed by atoms with Crippen LogP contribution in [0.4, 0.5) is 5.69 Å². The fourth-order valence-corrected chi connectivity index (χ4v) is 2.61. The van der Waals surface area contributed by atoms with E-state index >= 15 is 0 Å². The third kappa shape index (κ3) is 3.07. The summed E-state index contributed by atoms with van der Waals surface area (Å²) in [5.74, 6) is -1.25. The van der Waals surface area contributed by atoms with Gasteiger partial charge in [-0.15, -0.1) is 0 Å². The number of halogens is 1. The van der Waals surface area contributed by atoms with Gasteiger partial charge in [-0.05, 0) is 31.0 Å². The minimum atomic E-state index is -0.782. The molecule has 0 saturated carbocycles. The zero-order chi connectivity index (χ0) is 14.0. The molecule has 1 aliphatic heterocycles. The average molecular weight is 327 g/mol. The molecule has 19 heavy (non-hydrogen) atoms. The fraction of sp³-hybridized carbons (Fsp3) is 0.385. The summed E-state index contributed by atoms with van der Waals surface area (Å²) >= 11 is 3.30. The number of carboxylic acids is 1. The quantitative estimate of drug-likeness (QED) is 0.814. The van der Waals surface area contributed by atoms with Crippen molar-refractivity contribution in [2.75, 3.05) is 18.8 Å². The van der Waals surface area contributed by atoms with Crippen molar-refractivity contribution in [2.45, 2.75) is 12.8 Å². The Kier molecular flexibility index (Phi) is 4.09. The molecule has 102 valence electrons. The SMILES string of the molecule is Nc1cc(Br)ccc1C(=O)N1CCC(C(=O)O)CC1. The molecule has 0 atom stereocenters. The van der Waals surface area contributed by atoms with Gasteiger partial charge in [-0.2, -0.15) is 0 Å². The van der Waals surface area contributed by atoms with Crippen LogP contribution >= 0.6 is 15.9 Å². The van der Waals surface area contributed by atoms with Crippen LogP contribution in [0.3, 0.4) is 0 Å². The summed E-state index contributed by atoms with van der Waals surface area (Å²) in [4.78, 5) is 24.8. The average Bonchev–Trinajstić information content (AvgIpc) is 2.38. The largest absolute Gasteiger partial charge is 0.481 e. The van der Waals surface area contributed by atoms with E-state index in [1.54, 1.807) is 23.1 Å².